The second-order valence-corrected chi connectivity index (χ2v) is 6.18. The molecule has 4 heteroatoms. The number of hydrogen-bond donors (Lipinski definition) is 1. The molecule has 0 spiro atoms. The summed E-state index contributed by atoms with van der Waals surface area (Å²) in [5.41, 5.74) is 2.20. The lowest BCUT2D eigenvalue weighted by Crippen LogP contribution is -2.44. The van der Waals surface area contributed by atoms with E-state index in [1.807, 2.05) is 17.2 Å². The molecule has 4 rings (SSSR count). The van der Waals surface area contributed by atoms with Crippen molar-refractivity contribution < 1.29 is 4.79 Å². The summed E-state index contributed by atoms with van der Waals surface area (Å²) < 4.78 is 0. The Kier molecular flexibility index (Phi) is 2.34. The van der Waals surface area contributed by atoms with E-state index in [0.29, 0.717) is 0 Å². The van der Waals surface area contributed by atoms with Crippen molar-refractivity contribution in [3.8, 4) is 0 Å². The van der Waals surface area contributed by atoms with Crippen molar-refractivity contribution in [3.63, 3.8) is 0 Å². The van der Waals surface area contributed by atoms with Crippen LogP contribution in [0.15, 0.2) is 18.5 Å². The predicted molar refractivity (Wildman–Crippen MR) is 73.0 cm³/mol. The Morgan fingerprint density at radius 1 is 1.47 bits per heavy atom. The first-order valence-electron chi connectivity index (χ1n) is 7.25. The number of carbonyl (C=O) groups excluding carboxylic acids is 1. The number of fused-ring (bicyclic) bond motifs is 2. The van der Waals surface area contributed by atoms with Gasteiger partial charge in [-0.15, -0.1) is 0 Å². The minimum Gasteiger partial charge on any atom is -0.337 e. The summed E-state index contributed by atoms with van der Waals surface area (Å²) in [7, 11) is 0. The van der Waals surface area contributed by atoms with Crippen LogP contribution in [0.1, 0.15) is 25.3 Å². The highest BCUT2D eigenvalue weighted by atomic mass is 16.2. The minimum atomic E-state index is 0.0590. The Hall–Kier alpha value is -1.58. The molecule has 0 radical (unpaired) electrons. The Morgan fingerprint density at radius 3 is 3.00 bits per heavy atom. The molecule has 19 heavy (non-hydrogen) atoms. The number of rotatable bonds is 2. The second kappa shape index (κ2) is 3.95. The van der Waals surface area contributed by atoms with Crippen LogP contribution in [0.4, 0.5) is 10.5 Å². The topological polar surface area (TPSA) is 45.2 Å². The monoisotopic (exact) mass is 257 g/mol. The van der Waals surface area contributed by atoms with Gasteiger partial charge in [-0.1, -0.05) is 0 Å². The zero-order valence-corrected chi connectivity index (χ0v) is 11.2. The quantitative estimate of drug-likeness (QED) is 0.882. The van der Waals surface area contributed by atoms with E-state index in [0.717, 1.165) is 36.4 Å². The third-order valence-electron chi connectivity index (χ3n) is 5.14. The van der Waals surface area contributed by atoms with Crippen LogP contribution in [0.25, 0.3) is 0 Å². The average molecular weight is 257 g/mol. The Labute approximate surface area is 113 Å². The summed E-state index contributed by atoms with van der Waals surface area (Å²) in [5.74, 6) is 2.61. The lowest BCUT2D eigenvalue weighted by molar-refractivity contribution is 0.244. The highest BCUT2D eigenvalue weighted by Crippen LogP contribution is 2.60. The molecule has 1 aliphatic heterocycles. The lowest BCUT2D eigenvalue weighted by atomic mass is 10.0. The largest absolute Gasteiger partial charge is 0.337 e. The van der Waals surface area contributed by atoms with E-state index in [9.17, 15) is 4.79 Å². The molecule has 3 atom stereocenters. The summed E-state index contributed by atoms with van der Waals surface area (Å²) in [5, 5.41) is 3.13. The van der Waals surface area contributed by atoms with Gasteiger partial charge in [0.05, 0.1) is 5.69 Å². The van der Waals surface area contributed by atoms with E-state index in [-0.39, 0.29) is 12.1 Å². The Morgan fingerprint density at radius 2 is 2.26 bits per heavy atom. The summed E-state index contributed by atoms with van der Waals surface area (Å²) in [4.78, 5) is 18.4. The van der Waals surface area contributed by atoms with E-state index in [1.54, 1.807) is 6.20 Å². The van der Waals surface area contributed by atoms with Crippen LogP contribution < -0.4 is 10.2 Å². The van der Waals surface area contributed by atoms with Gasteiger partial charge in [0.1, 0.15) is 0 Å². The number of urea groups is 1. The van der Waals surface area contributed by atoms with Gasteiger partial charge in [0.25, 0.3) is 0 Å². The standard InChI is InChI=1S/C15H19N3O/c1-9-6-10-7-16-5-4-14(10)18(9)15(19)17-8-13-11-2-3-12(11)13/h4-5,7,9,11-13H,2-3,6,8H2,1H3,(H,17,19). The molecule has 1 aromatic heterocycles. The summed E-state index contributed by atoms with van der Waals surface area (Å²) in [6.07, 6.45) is 7.30. The van der Waals surface area contributed by atoms with Crippen LogP contribution in [-0.4, -0.2) is 23.6 Å². The maximum absolute atomic E-state index is 12.4. The van der Waals surface area contributed by atoms with Gasteiger partial charge in [-0.25, -0.2) is 4.79 Å². The van der Waals surface area contributed by atoms with Crippen molar-refractivity contribution in [3.05, 3.63) is 24.0 Å². The Bertz CT molecular complexity index is 520. The number of aromatic nitrogens is 1. The number of pyridine rings is 1. The molecule has 2 fully saturated rings. The number of carbonyl (C=O) groups is 1. The summed E-state index contributed by atoms with van der Waals surface area (Å²) in [6.45, 7) is 2.96. The molecule has 100 valence electrons. The number of amides is 2. The third kappa shape index (κ3) is 1.66. The highest BCUT2D eigenvalue weighted by Gasteiger charge is 2.55. The second-order valence-electron chi connectivity index (χ2n) is 6.18. The van der Waals surface area contributed by atoms with E-state index < -0.39 is 0 Å². The van der Waals surface area contributed by atoms with E-state index >= 15 is 0 Å². The highest BCUT2D eigenvalue weighted by molar-refractivity contribution is 5.94. The fourth-order valence-electron chi connectivity index (χ4n) is 3.87. The number of anilines is 1. The summed E-state index contributed by atoms with van der Waals surface area (Å²) >= 11 is 0. The normalized spacial score (nSPS) is 34.3. The molecule has 2 aliphatic carbocycles. The molecular formula is C15H19N3O. The van der Waals surface area contributed by atoms with Crippen molar-refractivity contribution in [1.82, 2.24) is 10.3 Å². The van der Waals surface area contributed by atoms with Crippen molar-refractivity contribution in [2.24, 2.45) is 17.8 Å². The molecule has 2 amide bonds. The number of nitrogens with zero attached hydrogens (tertiary/aromatic N) is 2. The fraction of sp³-hybridized carbons (Fsp3) is 0.600. The molecule has 0 saturated heterocycles. The molecule has 0 bridgehead atoms. The smallest absolute Gasteiger partial charge is 0.322 e. The van der Waals surface area contributed by atoms with Gasteiger partial charge in [-0.3, -0.25) is 9.88 Å². The van der Waals surface area contributed by atoms with E-state index in [1.165, 1.54) is 18.4 Å². The number of hydrogen-bond acceptors (Lipinski definition) is 2. The molecule has 3 unspecified atom stereocenters. The van der Waals surface area contributed by atoms with Gasteiger partial charge in [-0.05, 0) is 55.6 Å². The molecule has 2 heterocycles. The molecule has 1 aromatic rings. The molecule has 1 N–H and O–H groups in total. The van der Waals surface area contributed by atoms with Crippen LogP contribution in [0.3, 0.4) is 0 Å². The van der Waals surface area contributed by atoms with Crippen molar-refractivity contribution in [1.29, 1.82) is 0 Å². The minimum absolute atomic E-state index is 0.0590. The van der Waals surface area contributed by atoms with Crippen molar-refractivity contribution >= 4 is 11.7 Å². The third-order valence-corrected chi connectivity index (χ3v) is 5.14. The number of nitrogens with one attached hydrogen (secondary N) is 1. The van der Waals surface area contributed by atoms with Gasteiger partial charge in [0.15, 0.2) is 0 Å². The molecule has 4 nitrogen and oxygen atoms in total. The first-order chi connectivity index (χ1) is 9.25. The lowest BCUT2D eigenvalue weighted by Gasteiger charge is -2.23. The first-order valence-corrected chi connectivity index (χ1v) is 7.25. The van der Waals surface area contributed by atoms with Crippen LogP contribution in [0, 0.1) is 17.8 Å². The van der Waals surface area contributed by atoms with Gasteiger partial charge < -0.3 is 5.32 Å². The van der Waals surface area contributed by atoms with Crippen LogP contribution in [-0.2, 0) is 6.42 Å². The van der Waals surface area contributed by atoms with Crippen LogP contribution in [0.5, 0.6) is 0 Å². The SMILES string of the molecule is CC1Cc2cnccc2N1C(=O)NCC1C2CCC21. The first kappa shape index (κ1) is 11.3. The van der Waals surface area contributed by atoms with E-state index in [4.69, 9.17) is 0 Å². The maximum Gasteiger partial charge on any atom is 0.322 e. The average Bonchev–Trinajstić information content (AvgIpc) is 2.72. The van der Waals surface area contributed by atoms with Crippen molar-refractivity contribution in [2.45, 2.75) is 32.2 Å². The zero-order chi connectivity index (χ0) is 13.0. The fourth-order valence-corrected chi connectivity index (χ4v) is 3.87. The van der Waals surface area contributed by atoms with Gasteiger partial charge in [0.2, 0.25) is 0 Å². The molecule has 3 aliphatic rings. The summed E-state index contributed by atoms with van der Waals surface area (Å²) in [6, 6.07) is 2.23. The Balaban J connectivity index is 1.44. The van der Waals surface area contributed by atoms with Crippen LogP contribution in [0.2, 0.25) is 0 Å². The molecule has 2 saturated carbocycles. The predicted octanol–water partition coefficient (Wildman–Crippen LogP) is 2.20. The van der Waals surface area contributed by atoms with Gasteiger partial charge in [-0.2, -0.15) is 0 Å². The maximum atomic E-state index is 12.4. The van der Waals surface area contributed by atoms with Gasteiger partial charge in [0, 0.05) is 25.0 Å². The molecule has 0 aromatic carbocycles. The van der Waals surface area contributed by atoms with Gasteiger partial charge >= 0.3 is 6.03 Å². The molecular weight excluding hydrogens is 238 g/mol. The van der Waals surface area contributed by atoms with Crippen LogP contribution >= 0.6 is 0 Å². The zero-order valence-electron chi connectivity index (χ0n) is 11.2. The van der Waals surface area contributed by atoms with Crippen molar-refractivity contribution in [2.75, 3.05) is 11.4 Å². The van der Waals surface area contributed by atoms with E-state index in [2.05, 4.69) is 17.2 Å².